The van der Waals surface area contributed by atoms with Crippen molar-refractivity contribution in [1.82, 2.24) is 15.5 Å². The number of amides is 1. The van der Waals surface area contributed by atoms with Crippen molar-refractivity contribution in [3.05, 3.63) is 28.7 Å². The molecule has 6 nitrogen and oxygen atoms in total. The number of carbonyl (C=O) groups excluding carboxylic acids is 1. The van der Waals surface area contributed by atoms with Gasteiger partial charge in [0.15, 0.2) is 0 Å². The standard InChI is InChI=1S/C18H19BrN4O2S/c1-12(15(24)21-18(11-20)8-3-2-4-9-18)26-17-23-22-16(25-17)13-6-5-7-14(19)10-13/h5-7,10,12H,2-4,8-9H2,1H3,(H,21,24)/t12-/m0/s1. The van der Waals surface area contributed by atoms with Crippen LogP contribution in [-0.4, -0.2) is 26.9 Å². The Morgan fingerprint density at radius 3 is 2.85 bits per heavy atom. The fourth-order valence-electron chi connectivity index (χ4n) is 2.96. The van der Waals surface area contributed by atoms with E-state index < -0.39 is 10.8 Å². The van der Waals surface area contributed by atoms with Gasteiger partial charge in [-0.15, -0.1) is 10.2 Å². The van der Waals surface area contributed by atoms with Gasteiger partial charge in [-0.1, -0.05) is 53.0 Å². The van der Waals surface area contributed by atoms with E-state index in [1.165, 1.54) is 11.8 Å². The maximum atomic E-state index is 12.5. The van der Waals surface area contributed by atoms with E-state index in [0.29, 0.717) is 24.0 Å². The zero-order chi connectivity index (χ0) is 18.6. The number of nitrogens with zero attached hydrogens (tertiary/aromatic N) is 3. The van der Waals surface area contributed by atoms with E-state index in [9.17, 15) is 10.1 Å². The van der Waals surface area contributed by atoms with Crippen molar-refractivity contribution in [3.63, 3.8) is 0 Å². The molecule has 0 bridgehead atoms. The maximum Gasteiger partial charge on any atom is 0.277 e. The lowest BCUT2D eigenvalue weighted by Gasteiger charge is -2.32. The summed E-state index contributed by atoms with van der Waals surface area (Å²) in [5.41, 5.74) is 0.0713. The van der Waals surface area contributed by atoms with Gasteiger partial charge in [0, 0.05) is 10.0 Å². The monoisotopic (exact) mass is 434 g/mol. The molecule has 0 aliphatic heterocycles. The summed E-state index contributed by atoms with van der Waals surface area (Å²) < 4.78 is 6.58. The molecule has 0 saturated heterocycles. The van der Waals surface area contributed by atoms with E-state index in [-0.39, 0.29) is 5.91 Å². The highest BCUT2D eigenvalue weighted by molar-refractivity contribution is 9.10. The Morgan fingerprint density at radius 1 is 1.38 bits per heavy atom. The summed E-state index contributed by atoms with van der Waals surface area (Å²) in [6.45, 7) is 1.77. The molecule has 2 aromatic rings. The molecule has 1 heterocycles. The molecule has 1 atom stereocenters. The first kappa shape index (κ1) is 18.9. The number of rotatable bonds is 5. The lowest BCUT2D eigenvalue weighted by Crippen LogP contribution is -2.50. The first-order valence-electron chi connectivity index (χ1n) is 8.51. The molecule has 1 aliphatic carbocycles. The average Bonchev–Trinajstić information content (AvgIpc) is 3.11. The molecule has 1 saturated carbocycles. The predicted molar refractivity (Wildman–Crippen MR) is 102 cm³/mol. The van der Waals surface area contributed by atoms with Crippen molar-refractivity contribution >= 4 is 33.6 Å². The van der Waals surface area contributed by atoms with E-state index in [1.807, 2.05) is 24.3 Å². The molecule has 136 valence electrons. The molecule has 1 fully saturated rings. The highest BCUT2D eigenvalue weighted by Crippen LogP contribution is 2.30. The van der Waals surface area contributed by atoms with Gasteiger partial charge in [-0.3, -0.25) is 4.79 Å². The van der Waals surface area contributed by atoms with E-state index >= 15 is 0 Å². The van der Waals surface area contributed by atoms with Crippen molar-refractivity contribution < 1.29 is 9.21 Å². The molecule has 8 heteroatoms. The van der Waals surface area contributed by atoms with Gasteiger partial charge in [0.05, 0.1) is 11.3 Å². The number of benzene rings is 1. The number of carbonyl (C=O) groups is 1. The van der Waals surface area contributed by atoms with Crippen LogP contribution < -0.4 is 5.32 Å². The summed E-state index contributed by atoms with van der Waals surface area (Å²) in [6.07, 6.45) is 4.47. The highest BCUT2D eigenvalue weighted by atomic mass is 79.9. The summed E-state index contributed by atoms with van der Waals surface area (Å²) in [5, 5.41) is 20.4. The topological polar surface area (TPSA) is 91.8 Å². The summed E-state index contributed by atoms with van der Waals surface area (Å²) >= 11 is 4.61. The van der Waals surface area contributed by atoms with Gasteiger partial charge in [0.25, 0.3) is 5.22 Å². The summed E-state index contributed by atoms with van der Waals surface area (Å²) in [7, 11) is 0. The first-order valence-corrected chi connectivity index (χ1v) is 10.2. The fourth-order valence-corrected chi connectivity index (χ4v) is 4.04. The molecule has 1 aliphatic rings. The van der Waals surface area contributed by atoms with Crippen molar-refractivity contribution in [3.8, 4) is 17.5 Å². The summed E-state index contributed by atoms with van der Waals surface area (Å²) in [6, 6.07) is 9.87. The van der Waals surface area contributed by atoms with Crippen LogP contribution in [0.15, 0.2) is 38.4 Å². The van der Waals surface area contributed by atoms with Crippen molar-refractivity contribution in [2.24, 2.45) is 0 Å². The minimum atomic E-state index is -0.736. The third kappa shape index (κ3) is 4.46. The third-order valence-corrected chi connectivity index (χ3v) is 5.84. The van der Waals surface area contributed by atoms with Crippen LogP contribution in [0.25, 0.3) is 11.5 Å². The Balaban J connectivity index is 1.63. The lowest BCUT2D eigenvalue weighted by atomic mass is 9.83. The van der Waals surface area contributed by atoms with Crippen LogP contribution in [0.3, 0.4) is 0 Å². The Labute approximate surface area is 164 Å². The third-order valence-electron chi connectivity index (χ3n) is 4.41. The van der Waals surface area contributed by atoms with E-state index in [0.717, 1.165) is 29.3 Å². The molecule has 1 aromatic carbocycles. The fraction of sp³-hybridized carbons (Fsp3) is 0.444. The van der Waals surface area contributed by atoms with Crippen molar-refractivity contribution in [1.29, 1.82) is 5.26 Å². The number of aromatic nitrogens is 2. The van der Waals surface area contributed by atoms with Crippen molar-refractivity contribution in [2.45, 2.75) is 55.0 Å². The van der Waals surface area contributed by atoms with Gasteiger partial charge < -0.3 is 9.73 Å². The van der Waals surface area contributed by atoms with Crippen LogP contribution in [-0.2, 0) is 4.79 Å². The van der Waals surface area contributed by atoms with Gasteiger partial charge >= 0.3 is 0 Å². The Hall–Kier alpha value is -1.85. The van der Waals surface area contributed by atoms with Gasteiger partial charge in [-0.2, -0.15) is 5.26 Å². The number of hydrogen-bond acceptors (Lipinski definition) is 6. The number of nitrogens with one attached hydrogen (secondary N) is 1. The number of hydrogen-bond donors (Lipinski definition) is 1. The highest BCUT2D eigenvalue weighted by Gasteiger charge is 2.35. The minimum absolute atomic E-state index is 0.180. The normalized spacial score (nSPS) is 17.3. The van der Waals surface area contributed by atoms with E-state index in [4.69, 9.17) is 4.42 Å². The van der Waals surface area contributed by atoms with E-state index in [1.54, 1.807) is 6.92 Å². The maximum absolute atomic E-state index is 12.5. The molecule has 3 rings (SSSR count). The van der Waals surface area contributed by atoms with Crippen LogP contribution in [0.1, 0.15) is 39.0 Å². The predicted octanol–water partition coefficient (Wildman–Crippen LogP) is 4.32. The molecule has 1 aromatic heterocycles. The first-order chi connectivity index (χ1) is 12.5. The van der Waals surface area contributed by atoms with Gasteiger partial charge in [0.1, 0.15) is 5.54 Å². The number of nitriles is 1. The Bertz CT molecular complexity index is 827. The van der Waals surface area contributed by atoms with Crippen LogP contribution >= 0.6 is 27.7 Å². The SMILES string of the molecule is C[C@H](Sc1nnc(-c2cccc(Br)c2)o1)C(=O)NC1(C#N)CCCCC1. The quantitative estimate of drug-likeness (QED) is 0.704. The number of halogens is 1. The van der Waals surface area contributed by atoms with Crippen molar-refractivity contribution in [2.75, 3.05) is 0 Å². The van der Waals surface area contributed by atoms with Crippen LogP contribution in [0.4, 0.5) is 0 Å². The lowest BCUT2D eigenvalue weighted by molar-refractivity contribution is -0.122. The van der Waals surface area contributed by atoms with Gasteiger partial charge in [-0.05, 0) is 38.0 Å². The Morgan fingerprint density at radius 2 is 2.15 bits per heavy atom. The molecule has 26 heavy (non-hydrogen) atoms. The molecule has 1 amide bonds. The molecular formula is C18H19BrN4O2S. The smallest absolute Gasteiger partial charge is 0.277 e. The van der Waals surface area contributed by atoms with Crippen LogP contribution in [0.5, 0.6) is 0 Å². The molecular weight excluding hydrogens is 416 g/mol. The van der Waals surface area contributed by atoms with E-state index in [2.05, 4.69) is 37.5 Å². The second kappa shape index (κ2) is 8.23. The largest absolute Gasteiger partial charge is 0.411 e. The summed E-state index contributed by atoms with van der Waals surface area (Å²) in [4.78, 5) is 12.5. The molecule has 0 spiro atoms. The van der Waals surface area contributed by atoms with Gasteiger partial charge in [-0.25, -0.2) is 0 Å². The Kier molecular flexibility index (Phi) is 5.99. The second-order valence-corrected chi connectivity index (χ2v) is 8.60. The summed E-state index contributed by atoms with van der Waals surface area (Å²) in [5.74, 6) is 0.225. The number of thioether (sulfide) groups is 1. The van der Waals surface area contributed by atoms with Crippen LogP contribution in [0, 0.1) is 11.3 Å². The van der Waals surface area contributed by atoms with Gasteiger partial charge in [0.2, 0.25) is 11.8 Å². The minimum Gasteiger partial charge on any atom is -0.411 e. The molecule has 0 unspecified atom stereocenters. The average molecular weight is 435 g/mol. The molecule has 0 radical (unpaired) electrons. The van der Waals surface area contributed by atoms with Crippen LogP contribution in [0.2, 0.25) is 0 Å². The second-order valence-electron chi connectivity index (χ2n) is 6.39. The zero-order valence-electron chi connectivity index (χ0n) is 14.4. The molecule has 1 N–H and O–H groups in total. The zero-order valence-corrected chi connectivity index (χ0v) is 16.8.